The Morgan fingerprint density at radius 1 is 1.17 bits per heavy atom. The molecule has 0 aliphatic carbocycles. The molecule has 1 aliphatic heterocycles. The van der Waals surface area contributed by atoms with Gasteiger partial charge in [-0.25, -0.2) is 9.97 Å². The number of imidazole rings is 1. The van der Waals surface area contributed by atoms with Crippen molar-refractivity contribution in [3.63, 3.8) is 0 Å². The summed E-state index contributed by atoms with van der Waals surface area (Å²) < 4.78 is 1.87. The van der Waals surface area contributed by atoms with Gasteiger partial charge in [-0.2, -0.15) is 0 Å². The Kier molecular flexibility index (Phi) is 3.45. The first-order valence-corrected chi connectivity index (χ1v) is 7.67. The van der Waals surface area contributed by atoms with Crippen LogP contribution in [-0.2, 0) is 4.79 Å². The molecule has 120 valence electrons. The lowest BCUT2D eigenvalue weighted by atomic mass is 10.2. The predicted molar refractivity (Wildman–Crippen MR) is 87.8 cm³/mol. The first-order valence-electron chi connectivity index (χ1n) is 7.67. The minimum absolute atomic E-state index is 0.0787. The summed E-state index contributed by atoms with van der Waals surface area (Å²) in [5, 5.41) is 2.71. The number of pyridine rings is 1. The number of nitrogens with zero attached hydrogens (tertiary/aromatic N) is 4. The van der Waals surface area contributed by atoms with Crippen LogP contribution in [0.3, 0.4) is 0 Å². The zero-order valence-corrected chi connectivity index (χ0v) is 12.8. The van der Waals surface area contributed by atoms with Crippen molar-refractivity contribution in [3.8, 4) is 5.69 Å². The summed E-state index contributed by atoms with van der Waals surface area (Å²) in [6.45, 7) is 1.05. The molecule has 0 radical (unpaired) electrons. The van der Waals surface area contributed by atoms with E-state index < -0.39 is 0 Å². The number of piperazine rings is 1. The monoisotopic (exact) mass is 321 g/mol. The Balaban J connectivity index is 1.67. The van der Waals surface area contributed by atoms with Crippen LogP contribution in [0.1, 0.15) is 10.4 Å². The molecule has 1 aromatic carbocycles. The van der Waals surface area contributed by atoms with Gasteiger partial charge < -0.3 is 10.2 Å². The average molecular weight is 321 g/mol. The van der Waals surface area contributed by atoms with Crippen LogP contribution in [0.25, 0.3) is 16.9 Å². The second-order valence-electron chi connectivity index (χ2n) is 5.59. The number of fused-ring (bicyclic) bond motifs is 1. The standard InChI is InChI=1S/C17H15N5O2/c23-15-10-21(7-6-18-15)17(24)12-8-14-16(19-9-12)22(11-20-14)13-4-2-1-3-5-13/h1-5,8-9,11H,6-7,10H2,(H,18,23). The highest BCUT2D eigenvalue weighted by Gasteiger charge is 2.23. The maximum absolute atomic E-state index is 12.5. The fourth-order valence-electron chi connectivity index (χ4n) is 2.79. The molecule has 3 heterocycles. The SMILES string of the molecule is O=C1CN(C(=O)c2cnc3c(c2)ncn3-c2ccccc2)CCN1. The second kappa shape index (κ2) is 5.77. The van der Waals surface area contributed by atoms with E-state index in [1.54, 1.807) is 12.4 Å². The second-order valence-corrected chi connectivity index (χ2v) is 5.59. The number of carbonyl (C=O) groups excluding carboxylic acids is 2. The van der Waals surface area contributed by atoms with Gasteiger partial charge in [0, 0.05) is 25.0 Å². The molecule has 2 aromatic heterocycles. The molecule has 1 aliphatic rings. The van der Waals surface area contributed by atoms with Gasteiger partial charge in [0.2, 0.25) is 5.91 Å². The van der Waals surface area contributed by atoms with Crippen LogP contribution in [0, 0.1) is 0 Å². The van der Waals surface area contributed by atoms with E-state index in [2.05, 4.69) is 15.3 Å². The van der Waals surface area contributed by atoms with Gasteiger partial charge in [0.05, 0.1) is 12.1 Å². The molecular weight excluding hydrogens is 306 g/mol. The van der Waals surface area contributed by atoms with Crippen molar-refractivity contribution in [1.82, 2.24) is 24.8 Å². The third-order valence-corrected chi connectivity index (χ3v) is 3.99. The van der Waals surface area contributed by atoms with Gasteiger partial charge in [0.25, 0.3) is 5.91 Å². The van der Waals surface area contributed by atoms with Crippen molar-refractivity contribution in [3.05, 3.63) is 54.5 Å². The molecule has 1 N–H and O–H groups in total. The van der Waals surface area contributed by atoms with Crippen LogP contribution in [0.4, 0.5) is 0 Å². The van der Waals surface area contributed by atoms with Gasteiger partial charge in [-0.15, -0.1) is 0 Å². The fraction of sp³-hybridized carbons (Fsp3) is 0.176. The molecule has 1 fully saturated rings. The first kappa shape index (κ1) is 14.4. The minimum Gasteiger partial charge on any atom is -0.353 e. The molecule has 0 saturated carbocycles. The van der Waals surface area contributed by atoms with E-state index in [1.807, 2.05) is 34.9 Å². The van der Waals surface area contributed by atoms with Crippen LogP contribution >= 0.6 is 0 Å². The number of benzene rings is 1. The third kappa shape index (κ3) is 2.50. The van der Waals surface area contributed by atoms with Gasteiger partial charge in [-0.3, -0.25) is 14.2 Å². The molecule has 1 saturated heterocycles. The number of amides is 2. The van der Waals surface area contributed by atoms with E-state index in [9.17, 15) is 9.59 Å². The van der Waals surface area contributed by atoms with E-state index >= 15 is 0 Å². The summed E-state index contributed by atoms with van der Waals surface area (Å²) in [7, 11) is 0. The number of aromatic nitrogens is 3. The molecule has 7 nitrogen and oxygen atoms in total. The van der Waals surface area contributed by atoms with Crippen molar-refractivity contribution >= 4 is 23.0 Å². The highest BCUT2D eigenvalue weighted by molar-refractivity contribution is 5.98. The number of carbonyl (C=O) groups is 2. The smallest absolute Gasteiger partial charge is 0.256 e. The van der Waals surface area contributed by atoms with E-state index in [-0.39, 0.29) is 18.4 Å². The van der Waals surface area contributed by atoms with Crippen LogP contribution in [0.15, 0.2) is 48.9 Å². The summed E-state index contributed by atoms with van der Waals surface area (Å²) in [5.74, 6) is -0.342. The molecule has 0 atom stereocenters. The molecule has 7 heteroatoms. The van der Waals surface area contributed by atoms with Gasteiger partial charge >= 0.3 is 0 Å². The Morgan fingerprint density at radius 2 is 2.00 bits per heavy atom. The number of para-hydroxylation sites is 1. The van der Waals surface area contributed by atoms with Gasteiger partial charge in [-0.05, 0) is 18.2 Å². The Hall–Kier alpha value is -3.22. The topological polar surface area (TPSA) is 80.1 Å². The highest BCUT2D eigenvalue weighted by atomic mass is 16.2. The summed E-state index contributed by atoms with van der Waals surface area (Å²) in [6, 6.07) is 11.5. The molecule has 3 aromatic rings. The fourth-order valence-corrected chi connectivity index (χ4v) is 2.79. The van der Waals surface area contributed by atoms with E-state index in [0.29, 0.717) is 29.8 Å². The maximum Gasteiger partial charge on any atom is 0.256 e. The third-order valence-electron chi connectivity index (χ3n) is 3.99. The number of hydrogen-bond acceptors (Lipinski definition) is 4. The minimum atomic E-state index is -0.200. The predicted octanol–water partition coefficient (Wildman–Crippen LogP) is 0.993. The quantitative estimate of drug-likeness (QED) is 0.763. The summed E-state index contributed by atoms with van der Waals surface area (Å²) in [5.41, 5.74) is 2.73. The Labute approximate surface area is 137 Å². The first-order chi connectivity index (χ1) is 11.7. The van der Waals surface area contributed by atoms with Gasteiger partial charge in [-0.1, -0.05) is 18.2 Å². The molecule has 0 bridgehead atoms. The van der Waals surface area contributed by atoms with Crippen molar-refractivity contribution < 1.29 is 9.59 Å². The lowest BCUT2D eigenvalue weighted by molar-refractivity contribution is -0.123. The maximum atomic E-state index is 12.5. The number of rotatable bonds is 2. The summed E-state index contributed by atoms with van der Waals surface area (Å²) in [6.07, 6.45) is 3.23. The zero-order chi connectivity index (χ0) is 16.5. The lowest BCUT2D eigenvalue weighted by Crippen LogP contribution is -2.49. The summed E-state index contributed by atoms with van der Waals surface area (Å²) >= 11 is 0. The number of nitrogens with one attached hydrogen (secondary N) is 1. The largest absolute Gasteiger partial charge is 0.353 e. The van der Waals surface area contributed by atoms with Crippen LogP contribution in [-0.4, -0.2) is 50.9 Å². The van der Waals surface area contributed by atoms with E-state index in [4.69, 9.17) is 0 Å². The summed E-state index contributed by atoms with van der Waals surface area (Å²) in [4.78, 5) is 34.3. The van der Waals surface area contributed by atoms with E-state index in [0.717, 1.165) is 5.69 Å². The zero-order valence-electron chi connectivity index (χ0n) is 12.8. The van der Waals surface area contributed by atoms with Crippen molar-refractivity contribution in [1.29, 1.82) is 0 Å². The molecule has 24 heavy (non-hydrogen) atoms. The molecule has 0 unspecified atom stereocenters. The van der Waals surface area contributed by atoms with Gasteiger partial charge in [0.15, 0.2) is 5.65 Å². The van der Waals surface area contributed by atoms with Gasteiger partial charge in [0.1, 0.15) is 11.8 Å². The normalized spacial score (nSPS) is 14.7. The Bertz CT molecular complexity index is 919. The molecule has 0 spiro atoms. The van der Waals surface area contributed by atoms with E-state index in [1.165, 1.54) is 11.1 Å². The lowest BCUT2D eigenvalue weighted by Gasteiger charge is -2.26. The van der Waals surface area contributed by atoms with Crippen molar-refractivity contribution in [2.75, 3.05) is 19.6 Å². The van der Waals surface area contributed by atoms with Crippen LogP contribution in [0.2, 0.25) is 0 Å². The van der Waals surface area contributed by atoms with Crippen LogP contribution < -0.4 is 5.32 Å². The average Bonchev–Trinajstić information content (AvgIpc) is 3.05. The van der Waals surface area contributed by atoms with Crippen LogP contribution in [0.5, 0.6) is 0 Å². The van der Waals surface area contributed by atoms with Crippen molar-refractivity contribution in [2.24, 2.45) is 0 Å². The number of hydrogen-bond donors (Lipinski definition) is 1. The molecule has 4 rings (SSSR count). The highest BCUT2D eigenvalue weighted by Crippen LogP contribution is 2.18. The molecular formula is C17H15N5O2. The Morgan fingerprint density at radius 3 is 2.79 bits per heavy atom. The van der Waals surface area contributed by atoms with Crippen molar-refractivity contribution in [2.45, 2.75) is 0 Å². The molecule has 2 amide bonds.